The molecule has 1 aromatic heterocycles. The van der Waals surface area contributed by atoms with Crippen molar-refractivity contribution in [2.24, 2.45) is 7.05 Å². The Morgan fingerprint density at radius 2 is 2.17 bits per heavy atom. The van der Waals surface area contributed by atoms with Crippen LogP contribution in [0.4, 0.5) is 0 Å². The number of imidazole rings is 1. The first-order chi connectivity index (χ1) is 11.2. The fraction of sp³-hybridized carbons (Fsp3) is 0.611. The molecule has 0 bridgehead atoms. The van der Waals surface area contributed by atoms with E-state index in [2.05, 4.69) is 23.5 Å². The number of piperidine rings is 1. The Balaban J connectivity index is 1.96. The number of hydrogen-bond acceptors (Lipinski definition) is 3. The number of aromatic nitrogens is 2. The van der Waals surface area contributed by atoms with Gasteiger partial charge in [0.1, 0.15) is 0 Å². The molecule has 2 heterocycles. The number of benzene rings is 1. The lowest BCUT2D eigenvalue weighted by Crippen LogP contribution is -2.36. The number of para-hydroxylation sites is 1. The maximum atomic E-state index is 12.8. The number of unbranched alkanes of at least 4 members (excludes halogenated alkanes) is 2. The number of aliphatic hydroxyl groups excluding tert-OH is 1. The summed E-state index contributed by atoms with van der Waals surface area (Å²) in [6, 6.07) is 6.52. The van der Waals surface area contributed by atoms with Gasteiger partial charge in [0.2, 0.25) is 0 Å². The Labute approximate surface area is 136 Å². The third-order valence-corrected chi connectivity index (χ3v) is 4.93. The Hall–Kier alpha value is -1.59. The largest absolute Gasteiger partial charge is 0.396 e. The van der Waals surface area contributed by atoms with Crippen molar-refractivity contribution >= 4 is 11.0 Å². The molecule has 0 saturated carbocycles. The first-order valence-corrected chi connectivity index (χ1v) is 8.74. The molecule has 1 atom stereocenters. The van der Waals surface area contributed by atoms with E-state index in [0.717, 1.165) is 62.6 Å². The van der Waals surface area contributed by atoms with Crippen LogP contribution in [-0.4, -0.2) is 33.9 Å². The van der Waals surface area contributed by atoms with Crippen molar-refractivity contribution in [1.82, 2.24) is 14.5 Å². The van der Waals surface area contributed by atoms with Gasteiger partial charge in [-0.2, -0.15) is 0 Å². The van der Waals surface area contributed by atoms with Crippen LogP contribution in [0.3, 0.4) is 0 Å². The molecule has 5 nitrogen and oxygen atoms in total. The molecule has 3 rings (SSSR count). The Morgan fingerprint density at radius 3 is 2.91 bits per heavy atom. The maximum absolute atomic E-state index is 12.8. The summed E-state index contributed by atoms with van der Waals surface area (Å²) in [6.45, 7) is 2.18. The van der Waals surface area contributed by atoms with Crippen LogP contribution in [0.25, 0.3) is 11.0 Å². The fourth-order valence-electron chi connectivity index (χ4n) is 3.73. The average molecular weight is 317 g/mol. The molecule has 23 heavy (non-hydrogen) atoms. The molecule has 1 fully saturated rings. The summed E-state index contributed by atoms with van der Waals surface area (Å²) in [7, 11) is 1.88. The number of aliphatic hydroxyl groups is 1. The molecular formula is C18H27N3O2. The predicted octanol–water partition coefficient (Wildman–Crippen LogP) is 1.97. The monoisotopic (exact) mass is 317 g/mol. The zero-order chi connectivity index (χ0) is 16.2. The van der Waals surface area contributed by atoms with Gasteiger partial charge in [-0.1, -0.05) is 18.6 Å². The third kappa shape index (κ3) is 3.21. The second-order valence-corrected chi connectivity index (χ2v) is 6.53. The van der Waals surface area contributed by atoms with E-state index in [1.165, 1.54) is 5.56 Å². The van der Waals surface area contributed by atoms with Crippen LogP contribution >= 0.6 is 0 Å². The lowest BCUT2D eigenvalue weighted by molar-refractivity contribution is 0.283. The summed E-state index contributed by atoms with van der Waals surface area (Å²) in [5.41, 5.74) is 3.47. The van der Waals surface area contributed by atoms with E-state index in [0.29, 0.717) is 0 Å². The van der Waals surface area contributed by atoms with Gasteiger partial charge in [0.15, 0.2) is 0 Å². The minimum atomic E-state index is 0.0940. The summed E-state index contributed by atoms with van der Waals surface area (Å²) < 4.78 is 3.80. The molecule has 1 aromatic carbocycles. The second kappa shape index (κ2) is 7.32. The van der Waals surface area contributed by atoms with Crippen LogP contribution in [0.2, 0.25) is 0 Å². The highest BCUT2D eigenvalue weighted by Gasteiger charge is 2.22. The van der Waals surface area contributed by atoms with Gasteiger partial charge in [-0.25, -0.2) is 4.79 Å². The van der Waals surface area contributed by atoms with Gasteiger partial charge in [0, 0.05) is 20.2 Å². The SMILES string of the molecule is Cn1c(=O)n(C2CCCNC2)c2cccc(CCCCCO)c21. The number of nitrogens with zero attached hydrogens (tertiary/aromatic N) is 2. The van der Waals surface area contributed by atoms with Gasteiger partial charge >= 0.3 is 5.69 Å². The summed E-state index contributed by atoms with van der Waals surface area (Å²) in [5.74, 6) is 0. The second-order valence-electron chi connectivity index (χ2n) is 6.53. The molecule has 1 aliphatic heterocycles. The molecule has 0 amide bonds. The average Bonchev–Trinajstić information content (AvgIpc) is 2.84. The molecular weight excluding hydrogens is 290 g/mol. The van der Waals surface area contributed by atoms with Crippen LogP contribution in [-0.2, 0) is 13.5 Å². The van der Waals surface area contributed by atoms with Crippen molar-refractivity contribution in [1.29, 1.82) is 0 Å². The molecule has 0 aliphatic carbocycles. The first kappa shape index (κ1) is 16.3. The van der Waals surface area contributed by atoms with Crippen molar-refractivity contribution in [3.63, 3.8) is 0 Å². The molecule has 1 saturated heterocycles. The number of fused-ring (bicyclic) bond motifs is 1. The number of rotatable bonds is 6. The Kier molecular flexibility index (Phi) is 5.18. The molecule has 0 radical (unpaired) electrons. The summed E-state index contributed by atoms with van der Waals surface area (Å²) in [6.07, 6.45) is 6.06. The highest BCUT2D eigenvalue weighted by molar-refractivity contribution is 5.80. The highest BCUT2D eigenvalue weighted by atomic mass is 16.2. The number of hydrogen-bond donors (Lipinski definition) is 2. The van der Waals surface area contributed by atoms with Gasteiger partial charge in [0.25, 0.3) is 0 Å². The highest BCUT2D eigenvalue weighted by Crippen LogP contribution is 2.24. The Bertz CT molecular complexity index is 711. The topological polar surface area (TPSA) is 59.2 Å². The van der Waals surface area contributed by atoms with E-state index in [9.17, 15) is 4.79 Å². The van der Waals surface area contributed by atoms with Crippen molar-refractivity contribution < 1.29 is 5.11 Å². The van der Waals surface area contributed by atoms with Crippen LogP contribution in [0.15, 0.2) is 23.0 Å². The van der Waals surface area contributed by atoms with Crippen molar-refractivity contribution in [2.75, 3.05) is 19.7 Å². The lowest BCUT2D eigenvalue weighted by Gasteiger charge is -2.24. The standard InChI is InChI=1S/C18H27N3O2/c1-20-17-14(7-3-2-4-12-22)8-5-10-16(17)21(18(20)23)15-9-6-11-19-13-15/h5,8,10,15,19,22H,2-4,6-7,9,11-13H2,1H3. The van der Waals surface area contributed by atoms with Gasteiger partial charge in [-0.3, -0.25) is 9.13 Å². The molecule has 5 heteroatoms. The summed E-state index contributed by atoms with van der Waals surface area (Å²) in [4.78, 5) is 12.8. The van der Waals surface area contributed by atoms with Crippen molar-refractivity contribution in [3.05, 3.63) is 34.2 Å². The third-order valence-electron chi connectivity index (χ3n) is 4.93. The minimum Gasteiger partial charge on any atom is -0.396 e. The van der Waals surface area contributed by atoms with E-state index in [-0.39, 0.29) is 18.3 Å². The quantitative estimate of drug-likeness (QED) is 0.801. The molecule has 126 valence electrons. The van der Waals surface area contributed by atoms with Gasteiger partial charge < -0.3 is 10.4 Å². The van der Waals surface area contributed by atoms with Crippen LogP contribution in [0.1, 0.15) is 43.7 Å². The van der Waals surface area contributed by atoms with E-state index in [1.807, 2.05) is 16.2 Å². The van der Waals surface area contributed by atoms with Crippen molar-refractivity contribution in [3.8, 4) is 0 Å². The van der Waals surface area contributed by atoms with E-state index in [4.69, 9.17) is 5.11 Å². The normalized spacial score (nSPS) is 18.6. The molecule has 2 N–H and O–H groups in total. The molecule has 2 aromatic rings. The lowest BCUT2D eigenvalue weighted by atomic mass is 10.0. The van der Waals surface area contributed by atoms with Crippen LogP contribution in [0, 0.1) is 0 Å². The predicted molar refractivity (Wildman–Crippen MR) is 93.0 cm³/mol. The molecule has 1 aliphatic rings. The fourth-order valence-corrected chi connectivity index (χ4v) is 3.73. The molecule has 1 unspecified atom stereocenters. The van der Waals surface area contributed by atoms with Gasteiger partial charge in [-0.05, 0) is 50.3 Å². The van der Waals surface area contributed by atoms with E-state index in [1.54, 1.807) is 0 Å². The zero-order valence-electron chi connectivity index (χ0n) is 13.9. The van der Waals surface area contributed by atoms with Gasteiger partial charge in [0.05, 0.1) is 17.1 Å². The summed E-state index contributed by atoms with van der Waals surface area (Å²) in [5, 5.41) is 12.3. The smallest absolute Gasteiger partial charge is 0.329 e. The molecule has 0 spiro atoms. The minimum absolute atomic E-state index is 0.0940. The Morgan fingerprint density at radius 1 is 1.30 bits per heavy atom. The maximum Gasteiger partial charge on any atom is 0.329 e. The van der Waals surface area contributed by atoms with Crippen LogP contribution in [0.5, 0.6) is 0 Å². The van der Waals surface area contributed by atoms with E-state index >= 15 is 0 Å². The van der Waals surface area contributed by atoms with Crippen molar-refractivity contribution in [2.45, 2.75) is 44.6 Å². The first-order valence-electron chi connectivity index (χ1n) is 8.74. The van der Waals surface area contributed by atoms with E-state index < -0.39 is 0 Å². The number of nitrogens with one attached hydrogen (secondary N) is 1. The van der Waals surface area contributed by atoms with Gasteiger partial charge in [-0.15, -0.1) is 0 Å². The van der Waals surface area contributed by atoms with Crippen LogP contribution < -0.4 is 11.0 Å². The number of aryl methyl sites for hydroxylation is 2. The summed E-state index contributed by atoms with van der Waals surface area (Å²) >= 11 is 0. The zero-order valence-corrected chi connectivity index (χ0v) is 13.9.